The van der Waals surface area contributed by atoms with Crippen molar-refractivity contribution in [1.29, 1.82) is 0 Å². The summed E-state index contributed by atoms with van der Waals surface area (Å²) in [6.45, 7) is 0.475. The summed E-state index contributed by atoms with van der Waals surface area (Å²) in [5, 5.41) is 0.188. The Kier molecular flexibility index (Phi) is 3.58. The molecule has 0 radical (unpaired) electrons. The van der Waals surface area contributed by atoms with Gasteiger partial charge in [-0.25, -0.2) is 0 Å². The highest BCUT2D eigenvalue weighted by Gasteiger charge is 2.04. The number of halogens is 2. The summed E-state index contributed by atoms with van der Waals surface area (Å²) in [6, 6.07) is 7.32. The van der Waals surface area contributed by atoms with Crippen molar-refractivity contribution in [2.45, 2.75) is 6.54 Å². The minimum Gasteiger partial charge on any atom is -0.328 e. The van der Waals surface area contributed by atoms with Crippen LogP contribution in [0.3, 0.4) is 0 Å². The highest BCUT2D eigenvalue weighted by molar-refractivity contribution is 6.62. The van der Waals surface area contributed by atoms with E-state index in [1.807, 2.05) is 12.1 Å². The van der Waals surface area contributed by atoms with Crippen LogP contribution in [0.15, 0.2) is 24.3 Å². The molecule has 0 atom stereocenters. The van der Waals surface area contributed by atoms with E-state index in [9.17, 15) is 4.79 Å². The number of benzene rings is 1. The van der Waals surface area contributed by atoms with Gasteiger partial charge >= 0.3 is 5.37 Å². The predicted molar refractivity (Wildman–Crippen MR) is 54.2 cm³/mol. The van der Waals surface area contributed by atoms with Crippen LogP contribution in [0.2, 0.25) is 5.02 Å². The molecule has 0 spiro atoms. The number of amides is 1. The van der Waals surface area contributed by atoms with Crippen molar-refractivity contribution in [3.63, 3.8) is 0 Å². The fourth-order valence-electron chi connectivity index (χ4n) is 0.971. The lowest BCUT2D eigenvalue weighted by Crippen LogP contribution is -2.19. The molecule has 13 heavy (non-hydrogen) atoms. The molecule has 0 aliphatic heterocycles. The second-order valence-corrected chi connectivity index (χ2v) is 3.50. The van der Waals surface area contributed by atoms with E-state index in [4.69, 9.17) is 23.2 Å². The van der Waals surface area contributed by atoms with Crippen molar-refractivity contribution in [1.82, 2.24) is 4.90 Å². The summed E-state index contributed by atoms with van der Waals surface area (Å²) in [7, 11) is 1.64. The fraction of sp³-hybridized carbons (Fsp3) is 0.222. The third-order valence-corrected chi connectivity index (χ3v) is 2.13. The molecular formula is C9H9Cl2NO. The molecule has 0 aromatic heterocycles. The lowest BCUT2D eigenvalue weighted by molar-refractivity contribution is 0.230. The van der Waals surface area contributed by atoms with E-state index in [0.29, 0.717) is 11.6 Å². The maximum absolute atomic E-state index is 10.7. The van der Waals surface area contributed by atoms with Crippen LogP contribution in [-0.4, -0.2) is 17.3 Å². The molecule has 1 amide bonds. The first kappa shape index (κ1) is 10.4. The van der Waals surface area contributed by atoms with Gasteiger partial charge in [0.15, 0.2) is 0 Å². The Morgan fingerprint density at radius 1 is 1.54 bits per heavy atom. The van der Waals surface area contributed by atoms with Crippen LogP contribution in [0.25, 0.3) is 0 Å². The van der Waals surface area contributed by atoms with E-state index in [0.717, 1.165) is 5.56 Å². The lowest BCUT2D eigenvalue weighted by atomic mass is 10.2. The first-order valence-electron chi connectivity index (χ1n) is 3.74. The Morgan fingerprint density at radius 3 is 2.77 bits per heavy atom. The van der Waals surface area contributed by atoms with Gasteiger partial charge in [-0.2, -0.15) is 0 Å². The molecule has 0 heterocycles. The first-order valence-corrected chi connectivity index (χ1v) is 4.50. The van der Waals surface area contributed by atoms with Gasteiger partial charge in [-0.15, -0.1) is 0 Å². The van der Waals surface area contributed by atoms with Crippen LogP contribution >= 0.6 is 23.2 Å². The Labute approximate surface area is 87.1 Å². The lowest BCUT2D eigenvalue weighted by Gasteiger charge is -2.12. The van der Waals surface area contributed by atoms with Gasteiger partial charge in [0.2, 0.25) is 0 Å². The largest absolute Gasteiger partial charge is 0.328 e. The van der Waals surface area contributed by atoms with Crippen molar-refractivity contribution < 1.29 is 4.79 Å². The molecule has 1 rings (SSSR count). The van der Waals surface area contributed by atoms with Gasteiger partial charge in [-0.1, -0.05) is 23.7 Å². The second kappa shape index (κ2) is 4.49. The Balaban J connectivity index is 2.69. The monoisotopic (exact) mass is 217 g/mol. The zero-order valence-electron chi connectivity index (χ0n) is 7.13. The highest BCUT2D eigenvalue weighted by atomic mass is 35.5. The predicted octanol–water partition coefficient (Wildman–Crippen LogP) is 3.13. The fourth-order valence-corrected chi connectivity index (χ4v) is 1.24. The molecule has 1 aromatic rings. The molecule has 2 nitrogen and oxygen atoms in total. The van der Waals surface area contributed by atoms with E-state index < -0.39 is 5.37 Å². The van der Waals surface area contributed by atoms with Crippen LogP contribution in [0.4, 0.5) is 4.79 Å². The second-order valence-electron chi connectivity index (χ2n) is 2.74. The Morgan fingerprint density at radius 2 is 2.23 bits per heavy atom. The van der Waals surface area contributed by atoms with Crippen LogP contribution in [0.5, 0.6) is 0 Å². The third kappa shape index (κ3) is 3.25. The van der Waals surface area contributed by atoms with E-state index in [1.54, 1.807) is 19.2 Å². The zero-order chi connectivity index (χ0) is 9.84. The minimum atomic E-state index is -0.472. The highest BCUT2D eigenvalue weighted by Crippen LogP contribution is 2.12. The summed E-state index contributed by atoms with van der Waals surface area (Å²) in [4.78, 5) is 12.1. The molecule has 1 aromatic carbocycles. The Hall–Kier alpha value is -0.730. The quantitative estimate of drug-likeness (QED) is 0.551. The van der Waals surface area contributed by atoms with Crippen molar-refractivity contribution in [3.05, 3.63) is 34.9 Å². The summed E-state index contributed by atoms with van der Waals surface area (Å²) in [6.07, 6.45) is 0. The summed E-state index contributed by atoms with van der Waals surface area (Å²) < 4.78 is 0. The van der Waals surface area contributed by atoms with Crippen molar-refractivity contribution in [3.8, 4) is 0 Å². The molecule has 0 saturated heterocycles. The summed E-state index contributed by atoms with van der Waals surface area (Å²) in [5.41, 5.74) is 0.962. The van der Waals surface area contributed by atoms with Crippen LogP contribution in [-0.2, 0) is 6.54 Å². The maximum atomic E-state index is 10.7. The van der Waals surface area contributed by atoms with Crippen molar-refractivity contribution in [2.24, 2.45) is 0 Å². The van der Waals surface area contributed by atoms with Gasteiger partial charge in [0.1, 0.15) is 0 Å². The number of carbonyl (C=O) groups is 1. The molecule has 4 heteroatoms. The van der Waals surface area contributed by atoms with E-state index in [-0.39, 0.29) is 0 Å². The molecule has 0 aliphatic rings. The molecule has 0 N–H and O–H groups in total. The number of hydrogen-bond donors (Lipinski definition) is 0. The van der Waals surface area contributed by atoms with Gasteiger partial charge in [0.25, 0.3) is 0 Å². The standard InChI is InChI=1S/C9H9Cl2NO/c1-12(9(11)13)6-7-3-2-4-8(10)5-7/h2-5H,6H2,1H3. The number of hydrogen-bond acceptors (Lipinski definition) is 1. The zero-order valence-corrected chi connectivity index (χ0v) is 8.64. The average molecular weight is 218 g/mol. The smallest absolute Gasteiger partial charge is 0.316 e. The molecule has 0 unspecified atom stereocenters. The average Bonchev–Trinajstić information content (AvgIpc) is 2.04. The molecule has 70 valence electrons. The van der Waals surface area contributed by atoms with E-state index >= 15 is 0 Å². The molecule has 0 aliphatic carbocycles. The number of rotatable bonds is 2. The van der Waals surface area contributed by atoms with Crippen LogP contribution in [0.1, 0.15) is 5.56 Å². The van der Waals surface area contributed by atoms with Crippen LogP contribution in [0, 0.1) is 0 Å². The van der Waals surface area contributed by atoms with Gasteiger partial charge in [-0.3, -0.25) is 4.79 Å². The van der Waals surface area contributed by atoms with E-state index in [1.165, 1.54) is 4.90 Å². The molecule has 0 bridgehead atoms. The summed E-state index contributed by atoms with van der Waals surface area (Å²) >= 11 is 11.0. The molecule has 0 saturated carbocycles. The number of nitrogens with zero attached hydrogens (tertiary/aromatic N) is 1. The van der Waals surface area contributed by atoms with Crippen molar-refractivity contribution >= 4 is 28.6 Å². The topological polar surface area (TPSA) is 20.3 Å². The summed E-state index contributed by atoms with van der Waals surface area (Å²) in [5.74, 6) is 0. The van der Waals surface area contributed by atoms with Gasteiger partial charge < -0.3 is 4.90 Å². The normalized spacial score (nSPS) is 9.77. The minimum absolute atomic E-state index is 0.472. The molecular weight excluding hydrogens is 209 g/mol. The third-order valence-electron chi connectivity index (χ3n) is 1.61. The van der Waals surface area contributed by atoms with Crippen LogP contribution < -0.4 is 0 Å². The first-order chi connectivity index (χ1) is 6.09. The number of carbonyl (C=O) groups excluding carboxylic acids is 1. The maximum Gasteiger partial charge on any atom is 0.316 e. The van der Waals surface area contributed by atoms with E-state index in [2.05, 4.69) is 0 Å². The van der Waals surface area contributed by atoms with Gasteiger partial charge in [-0.05, 0) is 29.3 Å². The van der Waals surface area contributed by atoms with Crippen molar-refractivity contribution in [2.75, 3.05) is 7.05 Å². The van der Waals surface area contributed by atoms with Gasteiger partial charge in [0, 0.05) is 18.6 Å². The molecule has 0 fully saturated rings. The van der Waals surface area contributed by atoms with Gasteiger partial charge in [0.05, 0.1) is 0 Å². The Bertz CT molecular complexity index is 314. The SMILES string of the molecule is CN(Cc1cccc(Cl)c1)C(=O)Cl.